The van der Waals surface area contributed by atoms with Crippen molar-refractivity contribution < 1.29 is 14.7 Å². The van der Waals surface area contributed by atoms with Gasteiger partial charge in [-0.25, -0.2) is 0 Å². The van der Waals surface area contributed by atoms with Crippen molar-refractivity contribution in [3.8, 4) is 0 Å². The molecule has 0 spiro atoms. The third-order valence-electron chi connectivity index (χ3n) is 3.31. The molecular formula is C10H18N2O3. The van der Waals surface area contributed by atoms with E-state index in [9.17, 15) is 0 Å². The maximum atomic E-state index is 8.60. The Bertz CT molecular complexity index is 243. The van der Waals surface area contributed by atoms with Crippen molar-refractivity contribution >= 4 is 5.84 Å². The van der Waals surface area contributed by atoms with Gasteiger partial charge in [0, 0.05) is 5.92 Å². The van der Waals surface area contributed by atoms with E-state index in [0.717, 1.165) is 12.8 Å². The summed E-state index contributed by atoms with van der Waals surface area (Å²) in [5.41, 5.74) is 5.55. The van der Waals surface area contributed by atoms with Gasteiger partial charge < -0.3 is 20.4 Å². The summed E-state index contributed by atoms with van der Waals surface area (Å²) in [7, 11) is 0. The molecule has 2 aliphatic rings. The molecule has 0 unspecified atom stereocenters. The summed E-state index contributed by atoms with van der Waals surface area (Å²) in [6.45, 7) is 1.21. The minimum absolute atomic E-state index is 0.184. The second-order valence-corrected chi connectivity index (χ2v) is 4.26. The van der Waals surface area contributed by atoms with Gasteiger partial charge in [0.15, 0.2) is 5.79 Å². The highest BCUT2D eigenvalue weighted by Crippen LogP contribution is 2.41. The fraction of sp³-hybridized carbons (Fsp3) is 0.900. The zero-order chi connectivity index (χ0) is 10.7. The Balaban J connectivity index is 2.08. The first-order chi connectivity index (χ1) is 7.27. The number of amidine groups is 1. The van der Waals surface area contributed by atoms with Crippen molar-refractivity contribution in [2.45, 2.75) is 37.9 Å². The maximum absolute atomic E-state index is 8.60. The Hall–Kier alpha value is -0.810. The van der Waals surface area contributed by atoms with Gasteiger partial charge in [0.1, 0.15) is 5.84 Å². The standard InChI is InChI=1S/C10H18N2O3/c11-9(12-13)7-10(14-5-6-15-10)8-3-1-2-4-8/h8,13H,1-7H2,(H2,11,12). The smallest absolute Gasteiger partial charge is 0.178 e. The van der Waals surface area contributed by atoms with Crippen LogP contribution in [-0.2, 0) is 9.47 Å². The van der Waals surface area contributed by atoms with Crippen LogP contribution < -0.4 is 5.73 Å². The molecule has 5 heteroatoms. The second kappa shape index (κ2) is 4.37. The molecule has 0 aromatic carbocycles. The van der Waals surface area contributed by atoms with Crippen molar-refractivity contribution in [2.75, 3.05) is 13.2 Å². The second-order valence-electron chi connectivity index (χ2n) is 4.26. The molecule has 2 fully saturated rings. The molecule has 15 heavy (non-hydrogen) atoms. The molecule has 2 rings (SSSR count). The Kier molecular flexibility index (Phi) is 3.11. The first kappa shape index (κ1) is 10.7. The van der Waals surface area contributed by atoms with E-state index in [0.29, 0.717) is 25.6 Å². The van der Waals surface area contributed by atoms with Crippen LogP contribution in [0.15, 0.2) is 5.16 Å². The summed E-state index contributed by atoms with van der Waals surface area (Å²) in [6, 6.07) is 0. The average molecular weight is 214 g/mol. The van der Waals surface area contributed by atoms with Crippen molar-refractivity contribution in [1.29, 1.82) is 0 Å². The first-order valence-electron chi connectivity index (χ1n) is 5.51. The van der Waals surface area contributed by atoms with E-state index in [4.69, 9.17) is 20.4 Å². The number of rotatable bonds is 3. The maximum Gasteiger partial charge on any atom is 0.178 e. The number of nitrogens with zero attached hydrogens (tertiary/aromatic N) is 1. The van der Waals surface area contributed by atoms with Gasteiger partial charge in [-0.2, -0.15) is 0 Å². The van der Waals surface area contributed by atoms with Gasteiger partial charge in [0.05, 0.1) is 19.6 Å². The lowest BCUT2D eigenvalue weighted by Gasteiger charge is -2.32. The van der Waals surface area contributed by atoms with Gasteiger partial charge in [0.2, 0.25) is 0 Å². The Morgan fingerprint density at radius 1 is 1.33 bits per heavy atom. The van der Waals surface area contributed by atoms with Crippen LogP contribution in [0, 0.1) is 5.92 Å². The summed E-state index contributed by atoms with van der Waals surface area (Å²) < 4.78 is 11.4. The van der Waals surface area contributed by atoms with Gasteiger partial charge in [-0.15, -0.1) is 0 Å². The molecule has 1 aliphatic carbocycles. The van der Waals surface area contributed by atoms with E-state index >= 15 is 0 Å². The molecule has 0 amide bonds. The van der Waals surface area contributed by atoms with Crippen LogP contribution in [0.2, 0.25) is 0 Å². The summed E-state index contributed by atoms with van der Waals surface area (Å²) in [4.78, 5) is 0. The van der Waals surface area contributed by atoms with Crippen molar-refractivity contribution in [2.24, 2.45) is 16.8 Å². The number of oxime groups is 1. The summed E-state index contributed by atoms with van der Waals surface area (Å²) in [6.07, 6.45) is 5.02. The summed E-state index contributed by atoms with van der Waals surface area (Å²) >= 11 is 0. The largest absolute Gasteiger partial charge is 0.409 e. The fourth-order valence-corrected chi connectivity index (χ4v) is 2.61. The molecule has 1 saturated heterocycles. The van der Waals surface area contributed by atoms with E-state index < -0.39 is 5.79 Å². The number of ether oxygens (including phenoxy) is 2. The van der Waals surface area contributed by atoms with Crippen LogP contribution >= 0.6 is 0 Å². The zero-order valence-electron chi connectivity index (χ0n) is 8.82. The van der Waals surface area contributed by atoms with E-state index in [1.165, 1.54) is 12.8 Å². The lowest BCUT2D eigenvalue weighted by Crippen LogP contribution is -2.42. The molecule has 1 saturated carbocycles. The van der Waals surface area contributed by atoms with Crippen LogP contribution in [-0.4, -0.2) is 30.0 Å². The molecule has 5 nitrogen and oxygen atoms in total. The van der Waals surface area contributed by atoms with Crippen molar-refractivity contribution in [3.05, 3.63) is 0 Å². The molecule has 0 bridgehead atoms. The normalized spacial score (nSPS) is 27.3. The van der Waals surface area contributed by atoms with Crippen LogP contribution in [0.4, 0.5) is 0 Å². The predicted molar refractivity (Wildman–Crippen MR) is 54.6 cm³/mol. The Morgan fingerprint density at radius 3 is 2.47 bits per heavy atom. The average Bonchev–Trinajstić information content (AvgIpc) is 2.87. The quantitative estimate of drug-likeness (QED) is 0.319. The van der Waals surface area contributed by atoms with Gasteiger partial charge in [-0.1, -0.05) is 18.0 Å². The lowest BCUT2D eigenvalue weighted by atomic mass is 9.93. The molecule has 86 valence electrons. The highest BCUT2D eigenvalue weighted by molar-refractivity contribution is 5.80. The van der Waals surface area contributed by atoms with E-state index in [2.05, 4.69) is 5.16 Å². The number of hydrogen-bond acceptors (Lipinski definition) is 4. The minimum Gasteiger partial charge on any atom is -0.409 e. The van der Waals surface area contributed by atoms with Gasteiger partial charge in [-0.05, 0) is 12.8 Å². The molecule has 0 atom stereocenters. The zero-order valence-corrected chi connectivity index (χ0v) is 8.82. The fourth-order valence-electron chi connectivity index (χ4n) is 2.61. The lowest BCUT2D eigenvalue weighted by molar-refractivity contribution is -0.188. The molecule has 0 radical (unpaired) electrons. The molecule has 1 aliphatic heterocycles. The van der Waals surface area contributed by atoms with Crippen LogP contribution in [0.5, 0.6) is 0 Å². The van der Waals surface area contributed by atoms with Crippen LogP contribution in [0.1, 0.15) is 32.1 Å². The Labute approximate surface area is 89.2 Å². The first-order valence-corrected chi connectivity index (χ1v) is 5.51. The highest BCUT2D eigenvalue weighted by atomic mass is 16.7. The molecule has 3 N–H and O–H groups in total. The monoisotopic (exact) mass is 214 g/mol. The van der Waals surface area contributed by atoms with Gasteiger partial charge in [-0.3, -0.25) is 0 Å². The predicted octanol–water partition coefficient (Wildman–Crippen LogP) is 1.06. The summed E-state index contributed by atoms with van der Waals surface area (Å²) in [5.74, 6) is -0.0450. The highest BCUT2D eigenvalue weighted by Gasteiger charge is 2.45. The molecule has 1 heterocycles. The van der Waals surface area contributed by atoms with Crippen LogP contribution in [0.25, 0.3) is 0 Å². The van der Waals surface area contributed by atoms with Crippen molar-refractivity contribution in [1.82, 2.24) is 0 Å². The third kappa shape index (κ3) is 2.08. The van der Waals surface area contributed by atoms with Crippen LogP contribution in [0.3, 0.4) is 0 Å². The minimum atomic E-state index is -0.618. The number of hydrogen-bond donors (Lipinski definition) is 2. The van der Waals surface area contributed by atoms with E-state index in [1.54, 1.807) is 0 Å². The summed E-state index contributed by atoms with van der Waals surface area (Å²) in [5, 5.41) is 11.6. The Morgan fingerprint density at radius 2 is 1.93 bits per heavy atom. The van der Waals surface area contributed by atoms with E-state index in [-0.39, 0.29) is 5.84 Å². The SMILES string of the molecule is N/C(CC1(C2CCCC2)OCCO1)=N/O. The van der Waals surface area contributed by atoms with E-state index in [1.807, 2.05) is 0 Å². The third-order valence-corrected chi connectivity index (χ3v) is 3.31. The number of nitrogens with two attached hydrogens (primary N) is 1. The van der Waals surface area contributed by atoms with Gasteiger partial charge >= 0.3 is 0 Å². The molecular weight excluding hydrogens is 196 g/mol. The molecule has 0 aromatic heterocycles. The molecule has 0 aromatic rings. The topological polar surface area (TPSA) is 77.1 Å². The van der Waals surface area contributed by atoms with Crippen molar-refractivity contribution in [3.63, 3.8) is 0 Å². The van der Waals surface area contributed by atoms with Gasteiger partial charge in [0.25, 0.3) is 0 Å².